The number of carboxylic acids is 1. The Morgan fingerprint density at radius 1 is 1.33 bits per heavy atom. The lowest BCUT2D eigenvalue weighted by atomic mass is 9.91. The van der Waals surface area contributed by atoms with Crippen LogP contribution in [0.25, 0.3) is 0 Å². The van der Waals surface area contributed by atoms with Gasteiger partial charge in [0, 0.05) is 13.1 Å². The van der Waals surface area contributed by atoms with Crippen LogP contribution in [0.2, 0.25) is 0 Å². The average molecular weight is 215 g/mol. The van der Waals surface area contributed by atoms with Gasteiger partial charge in [-0.3, -0.25) is 9.69 Å². The third-order valence-electron chi connectivity index (χ3n) is 3.15. The van der Waals surface area contributed by atoms with Gasteiger partial charge in [-0.1, -0.05) is 13.8 Å². The average Bonchev–Trinajstić information content (AvgIpc) is 2.07. The first-order valence-corrected chi connectivity index (χ1v) is 5.53. The van der Waals surface area contributed by atoms with E-state index in [2.05, 4.69) is 0 Å². The lowest BCUT2D eigenvalue weighted by molar-refractivity contribution is -0.147. The summed E-state index contributed by atoms with van der Waals surface area (Å²) in [6.07, 6.45) is 1.31. The van der Waals surface area contributed by atoms with Gasteiger partial charge in [-0.2, -0.15) is 0 Å². The van der Waals surface area contributed by atoms with Crippen molar-refractivity contribution in [2.75, 3.05) is 13.1 Å². The van der Waals surface area contributed by atoms with Crippen LogP contribution in [0.4, 0.5) is 0 Å². The van der Waals surface area contributed by atoms with E-state index in [0.29, 0.717) is 25.9 Å². The van der Waals surface area contributed by atoms with E-state index in [9.17, 15) is 9.90 Å². The van der Waals surface area contributed by atoms with Gasteiger partial charge >= 0.3 is 5.97 Å². The SMILES string of the molecule is CC(C)C(C(=O)O)N1CCC(C)(O)CC1. The first-order chi connectivity index (χ1) is 6.83. The molecular weight excluding hydrogens is 194 g/mol. The van der Waals surface area contributed by atoms with Crippen LogP contribution in [0.15, 0.2) is 0 Å². The van der Waals surface area contributed by atoms with Gasteiger partial charge in [-0.05, 0) is 25.7 Å². The molecule has 1 aliphatic heterocycles. The minimum atomic E-state index is -0.758. The van der Waals surface area contributed by atoms with Gasteiger partial charge in [0.15, 0.2) is 0 Å². The Morgan fingerprint density at radius 2 is 1.80 bits per heavy atom. The summed E-state index contributed by atoms with van der Waals surface area (Å²) in [5.41, 5.74) is -0.615. The summed E-state index contributed by atoms with van der Waals surface area (Å²) >= 11 is 0. The number of aliphatic carboxylic acids is 1. The van der Waals surface area contributed by atoms with Crippen LogP contribution in [0.5, 0.6) is 0 Å². The van der Waals surface area contributed by atoms with Gasteiger partial charge < -0.3 is 10.2 Å². The van der Waals surface area contributed by atoms with Crippen LogP contribution in [0, 0.1) is 5.92 Å². The molecule has 1 fully saturated rings. The fraction of sp³-hybridized carbons (Fsp3) is 0.909. The van der Waals surface area contributed by atoms with E-state index in [1.165, 1.54) is 0 Å². The summed E-state index contributed by atoms with van der Waals surface area (Å²) in [7, 11) is 0. The molecule has 0 bridgehead atoms. The Bertz CT molecular complexity index is 228. The lowest BCUT2D eigenvalue weighted by Crippen LogP contribution is -2.51. The van der Waals surface area contributed by atoms with Crippen molar-refractivity contribution in [1.82, 2.24) is 4.90 Å². The van der Waals surface area contributed by atoms with Gasteiger partial charge in [0.05, 0.1) is 5.60 Å². The second-order valence-electron chi connectivity index (χ2n) is 5.06. The van der Waals surface area contributed by atoms with Gasteiger partial charge in [-0.25, -0.2) is 0 Å². The Kier molecular flexibility index (Phi) is 3.73. The Hall–Kier alpha value is -0.610. The van der Waals surface area contributed by atoms with E-state index >= 15 is 0 Å². The first-order valence-electron chi connectivity index (χ1n) is 5.53. The Labute approximate surface area is 90.9 Å². The number of likely N-dealkylation sites (tertiary alicyclic amines) is 1. The molecule has 15 heavy (non-hydrogen) atoms. The number of hydrogen-bond acceptors (Lipinski definition) is 3. The number of aliphatic hydroxyl groups is 1. The zero-order chi connectivity index (χ0) is 11.6. The van der Waals surface area contributed by atoms with Crippen molar-refractivity contribution >= 4 is 5.97 Å². The minimum absolute atomic E-state index is 0.102. The lowest BCUT2D eigenvalue weighted by Gasteiger charge is -2.39. The van der Waals surface area contributed by atoms with Gasteiger partial charge in [0.1, 0.15) is 6.04 Å². The van der Waals surface area contributed by atoms with E-state index in [0.717, 1.165) is 0 Å². The topological polar surface area (TPSA) is 60.8 Å². The summed E-state index contributed by atoms with van der Waals surface area (Å²) in [6, 6.07) is -0.416. The van der Waals surface area contributed by atoms with E-state index in [-0.39, 0.29) is 5.92 Å². The second kappa shape index (κ2) is 4.49. The Morgan fingerprint density at radius 3 is 2.13 bits per heavy atom. The third kappa shape index (κ3) is 3.18. The maximum atomic E-state index is 11.1. The molecule has 0 saturated carbocycles. The Balaban J connectivity index is 2.61. The maximum absolute atomic E-state index is 11.1. The molecule has 1 rings (SSSR count). The van der Waals surface area contributed by atoms with Crippen LogP contribution < -0.4 is 0 Å². The predicted octanol–water partition coefficient (Wildman–Crippen LogP) is 0.942. The van der Waals surface area contributed by atoms with Gasteiger partial charge in [0.25, 0.3) is 0 Å². The summed E-state index contributed by atoms with van der Waals surface area (Å²) in [5.74, 6) is -0.655. The summed E-state index contributed by atoms with van der Waals surface area (Å²) < 4.78 is 0. The van der Waals surface area contributed by atoms with Crippen LogP contribution >= 0.6 is 0 Å². The van der Waals surface area contributed by atoms with Crippen molar-refractivity contribution < 1.29 is 15.0 Å². The highest BCUT2D eigenvalue weighted by Crippen LogP contribution is 2.24. The molecule has 4 nitrogen and oxygen atoms in total. The van der Waals surface area contributed by atoms with Crippen LogP contribution in [0.3, 0.4) is 0 Å². The van der Waals surface area contributed by atoms with E-state index in [1.807, 2.05) is 25.7 Å². The maximum Gasteiger partial charge on any atom is 0.321 e. The summed E-state index contributed by atoms with van der Waals surface area (Å²) in [6.45, 7) is 7.00. The molecule has 0 aromatic heterocycles. The number of hydrogen-bond donors (Lipinski definition) is 2. The van der Waals surface area contributed by atoms with Crippen molar-refractivity contribution in [2.45, 2.75) is 45.3 Å². The number of rotatable bonds is 3. The molecule has 2 N–H and O–H groups in total. The molecule has 0 amide bonds. The molecule has 1 aliphatic rings. The van der Waals surface area contributed by atoms with E-state index < -0.39 is 17.6 Å². The molecular formula is C11H21NO3. The smallest absolute Gasteiger partial charge is 0.321 e. The number of carbonyl (C=O) groups is 1. The molecule has 4 heteroatoms. The predicted molar refractivity (Wildman–Crippen MR) is 57.7 cm³/mol. The minimum Gasteiger partial charge on any atom is -0.480 e. The second-order valence-corrected chi connectivity index (χ2v) is 5.06. The molecule has 88 valence electrons. The highest BCUT2D eigenvalue weighted by molar-refractivity contribution is 5.73. The largest absolute Gasteiger partial charge is 0.480 e. The number of piperidine rings is 1. The highest BCUT2D eigenvalue weighted by atomic mass is 16.4. The molecule has 1 unspecified atom stereocenters. The zero-order valence-corrected chi connectivity index (χ0v) is 9.73. The van der Waals surface area contributed by atoms with Crippen molar-refractivity contribution in [1.29, 1.82) is 0 Å². The van der Waals surface area contributed by atoms with Crippen molar-refractivity contribution in [2.24, 2.45) is 5.92 Å². The highest BCUT2D eigenvalue weighted by Gasteiger charge is 2.35. The van der Waals surface area contributed by atoms with Crippen LogP contribution in [-0.4, -0.2) is 45.8 Å². The number of carboxylic acid groups (broad SMARTS) is 1. The molecule has 0 aromatic carbocycles. The van der Waals surface area contributed by atoms with Gasteiger partial charge in [0.2, 0.25) is 0 Å². The van der Waals surface area contributed by atoms with Gasteiger partial charge in [-0.15, -0.1) is 0 Å². The zero-order valence-electron chi connectivity index (χ0n) is 9.73. The summed E-state index contributed by atoms with van der Waals surface area (Å²) in [4.78, 5) is 13.1. The molecule has 1 heterocycles. The standard InChI is InChI=1S/C11H21NO3/c1-8(2)9(10(13)14)12-6-4-11(3,15)5-7-12/h8-9,15H,4-7H2,1-3H3,(H,13,14). The van der Waals surface area contributed by atoms with Crippen molar-refractivity contribution in [3.63, 3.8) is 0 Å². The molecule has 1 saturated heterocycles. The van der Waals surface area contributed by atoms with E-state index in [1.54, 1.807) is 0 Å². The van der Waals surface area contributed by atoms with E-state index in [4.69, 9.17) is 5.11 Å². The fourth-order valence-corrected chi connectivity index (χ4v) is 2.15. The fourth-order valence-electron chi connectivity index (χ4n) is 2.15. The van der Waals surface area contributed by atoms with Crippen molar-refractivity contribution in [3.8, 4) is 0 Å². The molecule has 1 atom stereocenters. The quantitative estimate of drug-likeness (QED) is 0.735. The molecule has 0 aliphatic carbocycles. The number of nitrogens with zero attached hydrogens (tertiary/aromatic N) is 1. The molecule has 0 aromatic rings. The normalized spacial score (nSPS) is 24.1. The van der Waals surface area contributed by atoms with Crippen LogP contribution in [-0.2, 0) is 4.79 Å². The molecule has 0 radical (unpaired) electrons. The van der Waals surface area contributed by atoms with Crippen LogP contribution in [0.1, 0.15) is 33.6 Å². The van der Waals surface area contributed by atoms with Crippen molar-refractivity contribution in [3.05, 3.63) is 0 Å². The first kappa shape index (κ1) is 12.5. The summed E-state index contributed by atoms with van der Waals surface area (Å²) in [5, 5.41) is 18.9. The monoisotopic (exact) mass is 215 g/mol. The third-order valence-corrected chi connectivity index (χ3v) is 3.15. The molecule has 0 spiro atoms.